The van der Waals surface area contributed by atoms with Crippen molar-refractivity contribution in [1.29, 1.82) is 0 Å². The molecule has 196 valence electrons. The zero-order valence-corrected chi connectivity index (χ0v) is 21.1. The number of hydrogen-bond donors (Lipinski definition) is 0. The SMILES string of the molecule is COc1cc(C=C(OC(C)=O)C(=O)OC(=O)C(=Cc2cc(OC)cc(OC)c2)OC(C)=O)cc(OC)c1. The van der Waals surface area contributed by atoms with Crippen LogP contribution < -0.4 is 18.9 Å². The van der Waals surface area contributed by atoms with Gasteiger partial charge in [-0.15, -0.1) is 0 Å². The van der Waals surface area contributed by atoms with Crippen LogP contribution in [0.4, 0.5) is 0 Å². The van der Waals surface area contributed by atoms with Crippen molar-refractivity contribution >= 4 is 36.0 Å². The molecular weight excluding hydrogens is 488 g/mol. The fourth-order valence-electron chi connectivity index (χ4n) is 2.88. The Morgan fingerprint density at radius 1 is 0.514 bits per heavy atom. The predicted octanol–water partition coefficient (Wildman–Crippen LogP) is 3.30. The molecule has 11 heteroatoms. The summed E-state index contributed by atoms with van der Waals surface area (Å²) in [4.78, 5) is 48.8. The van der Waals surface area contributed by atoms with Gasteiger partial charge in [0.1, 0.15) is 23.0 Å². The number of methoxy groups -OCH3 is 4. The van der Waals surface area contributed by atoms with Gasteiger partial charge >= 0.3 is 23.9 Å². The molecule has 11 nitrogen and oxygen atoms in total. The van der Waals surface area contributed by atoms with E-state index in [-0.39, 0.29) is 0 Å². The first-order valence-corrected chi connectivity index (χ1v) is 10.6. The highest BCUT2D eigenvalue weighted by Crippen LogP contribution is 2.26. The third-order valence-corrected chi connectivity index (χ3v) is 4.44. The van der Waals surface area contributed by atoms with Gasteiger partial charge < -0.3 is 33.2 Å². The number of esters is 4. The van der Waals surface area contributed by atoms with E-state index in [0.29, 0.717) is 34.1 Å². The lowest BCUT2D eigenvalue weighted by Gasteiger charge is -2.11. The molecule has 0 saturated heterocycles. The molecule has 0 atom stereocenters. The minimum atomic E-state index is -1.32. The Labute approximate surface area is 213 Å². The minimum absolute atomic E-state index is 0.344. The Bertz CT molecular complexity index is 1100. The number of carbonyl (C=O) groups excluding carboxylic acids is 4. The molecule has 0 fully saturated rings. The fraction of sp³-hybridized carbons (Fsp3) is 0.231. The first kappa shape index (κ1) is 28.4. The molecule has 0 aliphatic carbocycles. The second kappa shape index (κ2) is 13.3. The summed E-state index contributed by atoms with van der Waals surface area (Å²) in [6.07, 6.45) is 2.31. The smallest absolute Gasteiger partial charge is 0.382 e. The molecule has 2 rings (SSSR count). The summed E-state index contributed by atoms with van der Waals surface area (Å²) >= 11 is 0. The summed E-state index contributed by atoms with van der Waals surface area (Å²) in [7, 11) is 5.73. The van der Waals surface area contributed by atoms with Crippen LogP contribution in [-0.4, -0.2) is 52.3 Å². The van der Waals surface area contributed by atoms with Crippen molar-refractivity contribution in [1.82, 2.24) is 0 Å². The number of hydrogen-bond acceptors (Lipinski definition) is 11. The zero-order valence-electron chi connectivity index (χ0n) is 21.1. The number of ether oxygens (including phenoxy) is 7. The molecule has 2 aromatic carbocycles. The summed E-state index contributed by atoms with van der Waals surface area (Å²) in [5.74, 6) is -3.96. The summed E-state index contributed by atoms with van der Waals surface area (Å²) in [5.41, 5.74) is 0.687. The van der Waals surface area contributed by atoms with Gasteiger partial charge in [0.2, 0.25) is 11.5 Å². The van der Waals surface area contributed by atoms with Gasteiger partial charge in [0.25, 0.3) is 0 Å². The van der Waals surface area contributed by atoms with Crippen molar-refractivity contribution in [2.45, 2.75) is 13.8 Å². The van der Waals surface area contributed by atoms with Gasteiger partial charge in [-0.05, 0) is 47.5 Å². The Balaban J connectivity index is 2.43. The van der Waals surface area contributed by atoms with Crippen LogP contribution in [0.25, 0.3) is 12.2 Å². The van der Waals surface area contributed by atoms with Crippen LogP contribution in [0.1, 0.15) is 25.0 Å². The van der Waals surface area contributed by atoms with E-state index in [2.05, 4.69) is 0 Å². The van der Waals surface area contributed by atoms with E-state index >= 15 is 0 Å². The van der Waals surface area contributed by atoms with E-state index in [9.17, 15) is 19.2 Å². The number of carbonyl (C=O) groups is 4. The van der Waals surface area contributed by atoms with Crippen molar-refractivity contribution in [3.8, 4) is 23.0 Å². The zero-order chi connectivity index (χ0) is 27.5. The lowest BCUT2D eigenvalue weighted by molar-refractivity contribution is -0.162. The summed E-state index contributed by atoms with van der Waals surface area (Å²) in [6.45, 7) is 2.13. The quantitative estimate of drug-likeness (QED) is 0.152. The average Bonchev–Trinajstić information content (AvgIpc) is 2.86. The lowest BCUT2D eigenvalue weighted by atomic mass is 10.1. The molecule has 0 bridgehead atoms. The van der Waals surface area contributed by atoms with Crippen molar-refractivity contribution < 1.29 is 52.3 Å². The van der Waals surface area contributed by atoms with Crippen molar-refractivity contribution in [2.24, 2.45) is 0 Å². The van der Waals surface area contributed by atoms with Gasteiger partial charge in [0, 0.05) is 26.0 Å². The van der Waals surface area contributed by atoms with Gasteiger partial charge in [-0.3, -0.25) is 9.59 Å². The van der Waals surface area contributed by atoms with E-state index in [0.717, 1.165) is 26.0 Å². The van der Waals surface area contributed by atoms with Crippen LogP contribution >= 0.6 is 0 Å². The van der Waals surface area contributed by atoms with E-state index in [1.165, 1.54) is 52.7 Å². The number of benzene rings is 2. The lowest BCUT2D eigenvalue weighted by Crippen LogP contribution is -2.20. The highest BCUT2D eigenvalue weighted by molar-refractivity contribution is 6.05. The van der Waals surface area contributed by atoms with Crippen molar-refractivity contribution in [3.63, 3.8) is 0 Å². The first-order valence-electron chi connectivity index (χ1n) is 10.6. The van der Waals surface area contributed by atoms with Crippen LogP contribution in [-0.2, 0) is 33.4 Å². The highest BCUT2D eigenvalue weighted by Gasteiger charge is 2.24. The Morgan fingerprint density at radius 2 is 0.811 bits per heavy atom. The van der Waals surface area contributed by atoms with Gasteiger partial charge in [-0.25, -0.2) is 9.59 Å². The minimum Gasteiger partial charge on any atom is -0.497 e. The predicted molar refractivity (Wildman–Crippen MR) is 130 cm³/mol. The molecule has 0 aromatic heterocycles. The molecule has 0 radical (unpaired) electrons. The first-order chi connectivity index (χ1) is 17.6. The maximum absolute atomic E-state index is 12.8. The molecule has 0 aliphatic rings. The van der Waals surface area contributed by atoms with E-state index in [1.807, 2.05) is 0 Å². The average molecular weight is 514 g/mol. The normalized spacial score (nSPS) is 11.2. The van der Waals surface area contributed by atoms with Gasteiger partial charge in [-0.2, -0.15) is 0 Å². The van der Waals surface area contributed by atoms with Gasteiger partial charge in [0.15, 0.2) is 0 Å². The monoisotopic (exact) mass is 514 g/mol. The largest absolute Gasteiger partial charge is 0.497 e. The third kappa shape index (κ3) is 8.73. The van der Waals surface area contributed by atoms with E-state index < -0.39 is 35.4 Å². The van der Waals surface area contributed by atoms with Crippen LogP contribution in [0.3, 0.4) is 0 Å². The summed E-state index contributed by atoms with van der Waals surface area (Å²) < 4.78 is 35.5. The maximum Gasteiger partial charge on any atom is 0.382 e. The molecule has 0 spiro atoms. The van der Waals surface area contributed by atoms with Crippen LogP contribution in [0.2, 0.25) is 0 Å². The highest BCUT2D eigenvalue weighted by atomic mass is 16.6. The fourth-order valence-corrected chi connectivity index (χ4v) is 2.88. The molecule has 0 aliphatic heterocycles. The second-order valence-corrected chi connectivity index (χ2v) is 7.17. The van der Waals surface area contributed by atoms with Crippen LogP contribution in [0.5, 0.6) is 23.0 Å². The van der Waals surface area contributed by atoms with Crippen molar-refractivity contribution in [2.75, 3.05) is 28.4 Å². The Hall–Kier alpha value is -4.80. The molecule has 37 heavy (non-hydrogen) atoms. The Kier molecular flexibility index (Phi) is 10.2. The van der Waals surface area contributed by atoms with E-state index in [1.54, 1.807) is 12.1 Å². The second-order valence-electron chi connectivity index (χ2n) is 7.17. The molecule has 0 saturated carbocycles. The maximum atomic E-state index is 12.8. The Morgan fingerprint density at radius 3 is 1.05 bits per heavy atom. The van der Waals surface area contributed by atoms with Gasteiger partial charge in [-0.1, -0.05) is 0 Å². The van der Waals surface area contributed by atoms with Crippen molar-refractivity contribution in [3.05, 3.63) is 59.0 Å². The molecule has 0 unspecified atom stereocenters. The van der Waals surface area contributed by atoms with Crippen LogP contribution in [0, 0.1) is 0 Å². The molecule has 2 aromatic rings. The number of rotatable bonds is 10. The molecule has 0 amide bonds. The molecule has 0 heterocycles. The van der Waals surface area contributed by atoms with Crippen LogP contribution in [0.15, 0.2) is 47.9 Å². The molecular formula is C26H26O11. The van der Waals surface area contributed by atoms with Gasteiger partial charge in [0.05, 0.1) is 28.4 Å². The topological polar surface area (TPSA) is 133 Å². The third-order valence-electron chi connectivity index (χ3n) is 4.44. The standard InChI is InChI=1S/C26H26O11/c1-15(27)35-23(11-17-7-19(31-3)13-20(8-17)32-4)25(29)37-26(30)24(36-16(2)28)12-18-9-21(33-5)14-22(10-18)34-6/h7-14H,1-6H3. The summed E-state index contributed by atoms with van der Waals surface area (Å²) in [5, 5.41) is 0. The summed E-state index contributed by atoms with van der Waals surface area (Å²) in [6, 6.07) is 9.30. The van der Waals surface area contributed by atoms with E-state index in [4.69, 9.17) is 33.2 Å². The molecule has 0 N–H and O–H groups in total.